The minimum Gasteiger partial charge on any atom is -0.407 e. The Morgan fingerprint density at radius 1 is 1.09 bits per heavy atom. The van der Waals surface area contributed by atoms with Crippen LogP contribution in [0.1, 0.15) is 59.9 Å². The normalized spacial score (nSPS) is 25.1. The lowest BCUT2D eigenvalue weighted by Gasteiger charge is -2.48. The van der Waals surface area contributed by atoms with E-state index in [1.54, 1.807) is 0 Å². The lowest BCUT2D eigenvalue weighted by Crippen LogP contribution is -2.54. The van der Waals surface area contributed by atoms with Crippen LogP contribution in [0.15, 0.2) is 43.1 Å². The van der Waals surface area contributed by atoms with Gasteiger partial charge in [-0.15, -0.1) is 6.58 Å². The second-order valence-corrected chi connectivity index (χ2v) is 23.3. The summed E-state index contributed by atoms with van der Waals surface area (Å²) < 4.78 is 9.10. The van der Waals surface area contributed by atoms with Crippen molar-refractivity contribution in [3.05, 3.63) is 48.7 Å². The molecule has 1 aromatic heterocycles. The average molecular weight is 498 g/mol. The van der Waals surface area contributed by atoms with E-state index in [1.807, 2.05) is 6.08 Å². The van der Waals surface area contributed by atoms with Gasteiger partial charge in [0.1, 0.15) is 6.10 Å². The van der Waals surface area contributed by atoms with Crippen LogP contribution in [-0.4, -0.2) is 32.7 Å². The van der Waals surface area contributed by atoms with E-state index < -0.39 is 22.7 Å². The molecule has 0 amide bonds. The fourth-order valence-electron chi connectivity index (χ4n) is 5.47. The molecule has 1 aliphatic carbocycles. The van der Waals surface area contributed by atoms with Crippen molar-refractivity contribution in [2.75, 3.05) is 0 Å². The summed E-state index contributed by atoms with van der Waals surface area (Å²) in [6.45, 7) is 29.2. The molecule has 1 aromatic carbocycles. The second-order valence-electron chi connectivity index (χ2n) is 13.8. The summed E-state index contributed by atoms with van der Waals surface area (Å²) in [5, 5.41) is 1.52. The van der Waals surface area contributed by atoms with Crippen molar-refractivity contribution in [1.29, 1.82) is 0 Å². The predicted octanol–water partition coefficient (Wildman–Crippen LogP) is 8.16. The third-order valence-corrected chi connectivity index (χ3v) is 15.1. The molecule has 0 N–H and O–H groups in total. The Bertz CT molecular complexity index is 1080. The van der Waals surface area contributed by atoms with Crippen LogP contribution in [0.2, 0.25) is 37.8 Å². The quantitative estimate of drug-likeness (QED) is 0.298. The molecule has 3 nitrogen and oxygen atoms in total. The lowest BCUT2D eigenvalue weighted by atomic mass is 9.60. The molecule has 1 heterocycles. The van der Waals surface area contributed by atoms with E-state index in [0.29, 0.717) is 0 Å². The van der Waals surface area contributed by atoms with Gasteiger partial charge in [0.15, 0.2) is 22.3 Å². The zero-order valence-electron chi connectivity index (χ0n) is 23.5. The fraction of sp³-hybridized carbons (Fsp3) is 0.621. The van der Waals surface area contributed by atoms with Crippen molar-refractivity contribution >= 4 is 33.2 Å². The maximum atomic E-state index is 14.1. The highest BCUT2D eigenvalue weighted by Gasteiger charge is 2.51. The maximum Gasteiger partial charge on any atom is 0.184 e. The van der Waals surface area contributed by atoms with E-state index in [9.17, 15) is 4.79 Å². The van der Waals surface area contributed by atoms with E-state index in [2.05, 4.69) is 116 Å². The van der Waals surface area contributed by atoms with E-state index in [-0.39, 0.29) is 27.6 Å². The van der Waals surface area contributed by atoms with Gasteiger partial charge in [0.25, 0.3) is 0 Å². The minimum atomic E-state index is -1.91. The van der Waals surface area contributed by atoms with Crippen LogP contribution >= 0.6 is 0 Å². The Hall–Kier alpha value is -1.44. The van der Waals surface area contributed by atoms with Crippen molar-refractivity contribution in [3.8, 4) is 0 Å². The van der Waals surface area contributed by atoms with Gasteiger partial charge in [-0.2, -0.15) is 0 Å². The number of Topliss-reactive ketones (excluding diaryl/α,β-unsaturated/α-hetero) is 1. The number of nitrogens with zero attached hydrogens (tertiary/aromatic N) is 1. The highest BCUT2D eigenvalue weighted by atomic mass is 28.4. The second kappa shape index (κ2) is 8.60. The largest absolute Gasteiger partial charge is 0.407 e. The number of hydrogen-bond donors (Lipinski definition) is 0. The van der Waals surface area contributed by atoms with Crippen molar-refractivity contribution < 1.29 is 9.22 Å². The van der Waals surface area contributed by atoms with E-state index >= 15 is 0 Å². The number of fused-ring (bicyclic) bond motifs is 1. The molecule has 2 unspecified atom stereocenters. The van der Waals surface area contributed by atoms with Gasteiger partial charge in [-0.3, -0.25) is 4.79 Å². The van der Waals surface area contributed by atoms with Crippen molar-refractivity contribution in [2.24, 2.45) is 11.3 Å². The summed E-state index contributed by atoms with van der Waals surface area (Å²) in [5.41, 5.74) is 1.97. The summed E-state index contributed by atoms with van der Waals surface area (Å²) in [7, 11) is -3.67. The minimum absolute atomic E-state index is 0.0799. The number of carbonyl (C=O) groups excluding carboxylic acids is 1. The van der Waals surface area contributed by atoms with Crippen LogP contribution in [0.5, 0.6) is 0 Å². The lowest BCUT2D eigenvalue weighted by molar-refractivity contribution is -0.141. The summed E-state index contributed by atoms with van der Waals surface area (Å²) in [4.78, 5) is 14.1. The van der Waals surface area contributed by atoms with Crippen molar-refractivity contribution in [1.82, 2.24) is 4.23 Å². The van der Waals surface area contributed by atoms with E-state index in [4.69, 9.17) is 4.43 Å². The number of benzene rings is 1. The third-order valence-electron chi connectivity index (χ3n) is 8.85. The fourth-order valence-corrected chi connectivity index (χ4v) is 8.53. The van der Waals surface area contributed by atoms with Gasteiger partial charge in [0.2, 0.25) is 0 Å². The number of aromatic nitrogens is 1. The van der Waals surface area contributed by atoms with Gasteiger partial charge in [-0.05, 0) is 61.4 Å². The molecular weight excluding hydrogens is 450 g/mol. The number of ketones is 1. The number of rotatable bonds is 6. The molecule has 2 aromatic rings. The van der Waals surface area contributed by atoms with Gasteiger partial charge in [0, 0.05) is 27.7 Å². The maximum absolute atomic E-state index is 14.1. The molecule has 3 atom stereocenters. The van der Waals surface area contributed by atoms with Gasteiger partial charge < -0.3 is 8.66 Å². The summed E-state index contributed by atoms with van der Waals surface area (Å²) in [6, 6.07) is 8.95. The van der Waals surface area contributed by atoms with Gasteiger partial charge >= 0.3 is 0 Å². The molecule has 0 aliphatic heterocycles. The van der Waals surface area contributed by atoms with E-state index in [1.165, 1.54) is 16.5 Å². The average Bonchev–Trinajstić information content (AvgIpc) is 3.14. The summed E-state index contributed by atoms with van der Waals surface area (Å²) in [6.07, 6.45) is 5.62. The summed E-state index contributed by atoms with van der Waals surface area (Å²) >= 11 is 0. The van der Waals surface area contributed by atoms with Crippen LogP contribution < -0.4 is 0 Å². The highest BCUT2D eigenvalue weighted by Crippen LogP contribution is 2.49. The van der Waals surface area contributed by atoms with Crippen LogP contribution in [0.4, 0.5) is 0 Å². The topological polar surface area (TPSA) is 31.2 Å². The summed E-state index contributed by atoms with van der Waals surface area (Å²) in [5.74, 6) is 0.172. The molecule has 34 heavy (non-hydrogen) atoms. The van der Waals surface area contributed by atoms with Crippen LogP contribution in [0.25, 0.3) is 10.9 Å². The molecular formula is C29H47NO2Si2. The van der Waals surface area contributed by atoms with Gasteiger partial charge in [0.05, 0.1) is 0 Å². The van der Waals surface area contributed by atoms with Crippen LogP contribution in [0, 0.1) is 11.3 Å². The molecule has 188 valence electrons. The molecule has 0 saturated heterocycles. The Kier molecular flexibility index (Phi) is 6.87. The van der Waals surface area contributed by atoms with Crippen molar-refractivity contribution in [2.45, 2.75) is 104 Å². The zero-order chi connectivity index (χ0) is 25.9. The first kappa shape index (κ1) is 27.2. The first-order valence-electron chi connectivity index (χ1n) is 12.8. The highest BCUT2D eigenvalue weighted by molar-refractivity contribution is 6.79. The molecule has 1 fully saturated rings. The standard InChI is InChI=1S/C29H47NO2Si2/c1-13-29(7)19-17-23(25(31)26(29)32-33(8,9)10)28(5,6)22-15-14-16-24-21(22)18-20-30(24)34(11,12)27(2,3)4/h13-16,18,20,23,26H,1,17,19H2,2-12H3/t23?,26?,29-/m0/s1. The molecule has 3 rings (SSSR count). The smallest absolute Gasteiger partial charge is 0.184 e. The molecule has 5 heteroatoms. The Balaban J connectivity index is 2.09. The molecule has 0 spiro atoms. The number of hydrogen-bond acceptors (Lipinski definition) is 2. The SMILES string of the molecule is C=C[C@@]1(C)CCC(C(C)(C)c2cccc3c2ccn3[Si](C)(C)C(C)(C)C)C(=O)C1O[Si](C)(C)C. The van der Waals surface area contributed by atoms with E-state index in [0.717, 1.165) is 12.8 Å². The van der Waals surface area contributed by atoms with Gasteiger partial charge in [-0.25, -0.2) is 0 Å². The zero-order valence-corrected chi connectivity index (χ0v) is 25.5. The first-order chi connectivity index (χ1) is 15.4. The van der Waals surface area contributed by atoms with Crippen molar-refractivity contribution in [3.63, 3.8) is 0 Å². The third kappa shape index (κ3) is 4.56. The molecule has 0 bridgehead atoms. The van der Waals surface area contributed by atoms with Crippen LogP contribution in [0.3, 0.4) is 0 Å². The predicted molar refractivity (Wildman–Crippen MR) is 152 cm³/mol. The Morgan fingerprint density at radius 2 is 1.71 bits per heavy atom. The molecule has 0 radical (unpaired) electrons. The Morgan fingerprint density at radius 3 is 2.24 bits per heavy atom. The van der Waals surface area contributed by atoms with Gasteiger partial charge in [-0.1, -0.05) is 72.8 Å². The monoisotopic (exact) mass is 497 g/mol. The molecule has 1 saturated carbocycles. The molecule has 1 aliphatic rings. The van der Waals surface area contributed by atoms with Crippen LogP contribution in [-0.2, 0) is 14.6 Å². The number of carbonyl (C=O) groups is 1. The first-order valence-corrected chi connectivity index (χ1v) is 19.2. The Labute approximate surface area is 210 Å².